The zero-order chi connectivity index (χ0) is 20.5. The van der Waals surface area contributed by atoms with Gasteiger partial charge in [-0.15, -0.1) is 0 Å². The topological polar surface area (TPSA) is 59.3 Å². The van der Waals surface area contributed by atoms with Crippen LogP contribution in [0.2, 0.25) is 0 Å². The van der Waals surface area contributed by atoms with E-state index in [1.54, 1.807) is 17.7 Å². The summed E-state index contributed by atoms with van der Waals surface area (Å²) < 4.78 is 3.50. The van der Waals surface area contributed by atoms with E-state index in [-0.39, 0.29) is 11.5 Å². The van der Waals surface area contributed by atoms with Gasteiger partial charge < -0.3 is 19.4 Å². The molecule has 2 aromatic heterocycles. The highest BCUT2D eigenvalue weighted by atomic mass is 16.2. The molecule has 1 aliphatic rings. The first kappa shape index (κ1) is 19.7. The average Bonchev–Trinajstić information content (AvgIpc) is 3.10. The van der Waals surface area contributed by atoms with E-state index in [0.717, 1.165) is 23.0 Å². The third-order valence-electron chi connectivity index (χ3n) is 6.47. The summed E-state index contributed by atoms with van der Waals surface area (Å²) in [7, 11) is 5.78. The molecule has 1 saturated carbocycles. The number of para-hydroxylation sites is 1. The van der Waals surface area contributed by atoms with Crippen LogP contribution in [0.5, 0.6) is 0 Å². The van der Waals surface area contributed by atoms with Gasteiger partial charge in [0.15, 0.2) is 0 Å². The van der Waals surface area contributed by atoms with Crippen LogP contribution in [-0.2, 0) is 14.1 Å². The highest BCUT2D eigenvalue weighted by Crippen LogP contribution is 2.25. The standard InChI is InChI=1S/C23H30N4O2/c1-25(16-9-5-4-6-10-16)14-13-24-22(28)20-15-18-21(26(20)2)17-11-7-8-12-19(17)27(3)23(18)29/h7-8,11-12,15-16H,4-6,9-10,13-14H2,1-3H3,(H,24,28). The number of likely N-dealkylation sites (N-methyl/N-ethyl adjacent to an activating group) is 1. The molecule has 1 N–H and O–H groups in total. The van der Waals surface area contributed by atoms with Crippen LogP contribution >= 0.6 is 0 Å². The molecule has 0 aliphatic heterocycles. The van der Waals surface area contributed by atoms with E-state index in [2.05, 4.69) is 17.3 Å². The van der Waals surface area contributed by atoms with Crippen molar-refractivity contribution in [1.29, 1.82) is 0 Å². The van der Waals surface area contributed by atoms with E-state index in [1.807, 2.05) is 35.9 Å². The molecule has 1 fully saturated rings. The second-order valence-electron chi connectivity index (χ2n) is 8.26. The van der Waals surface area contributed by atoms with Gasteiger partial charge in [-0.1, -0.05) is 37.5 Å². The van der Waals surface area contributed by atoms with Gasteiger partial charge in [0.05, 0.1) is 16.4 Å². The second kappa shape index (κ2) is 8.03. The minimum Gasteiger partial charge on any atom is -0.349 e. The summed E-state index contributed by atoms with van der Waals surface area (Å²) in [5.41, 5.74) is 2.12. The van der Waals surface area contributed by atoms with Crippen molar-refractivity contribution in [3.63, 3.8) is 0 Å². The Labute approximate surface area is 171 Å². The lowest BCUT2D eigenvalue weighted by Crippen LogP contribution is -2.39. The predicted octanol–water partition coefficient (Wildman–Crippen LogP) is 3.02. The Morgan fingerprint density at radius 1 is 1.10 bits per heavy atom. The maximum Gasteiger partial charge on any atom is 0.267 e. The molecule has 3 aromatic rings. The molecule has 154 valence electrons. The number of aryl methyl sites for hydroxylation is 2. The second-order valence-corrected chi connectivity index (χ2v) is 8.26. The molecule has 0 saturated heterocycles. The molecule has 0 spiro atoms. The number of nitrogens with one attached hydrogen (secondary N) is 1. The van der Waals surface area contributed by atoms with Crippen molar-refractivity contribution in [2.75, 3.05) is 20.1 Å². The fourth-order valence-electron chi connectivity index (χ4n) is 4.71. The third kappa shape index (κ3) is 3.57. The van der Waals surface area contributed by atoms with Crippen LogP contribution < -0.4 is 10.9 Å². The molecule has 0 unspecified atom stereocenters. The monoisotopic (exact) mass is 394 g/mol. The van der Waals surface area contributed by atoms with Crippen LogP contribution in [0.4, 0.5) is 0 Å². The van der Waals surface area contributed by atoms with Crippen molar-refractivity contribution < 1.29 is 4.79 Å². The number of rotatable bonds is 5. The van der Waals surface area contributed by atoms with Gasteiger partial charge in [0, 0.05) is 38.6 Å². The summed E-state index contributed by atoms with van der Waals surface area (Å²) in [5.74, 6) is -0.133. The Hall–Kier alpha value is -2.60. The highest BCUT2D eigenvalue weighted by molar-refractivity contribution is 6.08. The van der Waals surface area contributed by atoms with Crippen LogP contribution in [0.25, 0.3) is 21.8 Å². The fraction of sp³-hybridized carbons (Fsp3) is 0.478. The number of hydrogen-bond donors (Lipinski definition) is 1. The molecule has 2 heterocycles. The summed E-state index contributed by atoms with van der Waals surface area (Å²) in [6.07, 6.45) is 6.46. The summed E-state index contributed by atoms with van der Waals surface area (Å²) in [5, 5.41) is 4.60. The van der Waals surface area contributed by atoms with Gasteiger partial charge in [0.1, 0.15) is 5.69 Å². The number of benzene rings is 1. The van der Waals surface area contributed by atoms with Gasteiger partial charge in [0.25, 0.3) is 11.5 Å². The molecule has 4 rings (SSSR count). The SMILES string of the molecule is CN(CCNC(=O)c1cc2c(=O)n(C)c3ccccc3c2n1C)C1CCCCC1. The Kier molecular flexibility index (Phi) is 5.46. The van der Waals surface area contributed by atoms with Crippen LogP contribution in [0.3, 0.4) is 0 Å². The number of pyridine rings is 1. The number of aromatic nitrogens is 2. The molecule has 29 heavy (non-hydrogen) atoms. The van der Waals surface area contributed by atoms with Crippen LogP contribution in [0.1, 0.15) is 42.6 Å². The van der Waals surface area contributed by atoms with Crippen molar-refractivity contribution in [2.24, 2.45) is 14.1 Å². The molecule has 1 aromatic carbocycles. The van der Waals surface area contributed by atoms with E-state index >= 15 is 0 Å². The van der Waals surface area contributed by atoms with E-state index in [0.29, 0.717) is 23.7 Å². The molecule has 6 heteroatoms. The summed E-state index contributed by atoms with van der Waals surface area (Å²) in [6, 6.07) is 10.2. The van der Waals surface area contributed by atoms with Crippen molar-refractivity contribution in [2.45, 2.75) is 38.1 Å². The van der Waals surface area contributed by atoms with E-state index in [4.69, 9.17) is 0 Å². The van der Waals surface area contributed by atoms with E-state index < -0.39 is 0 Å². The lowest BCUT2D eigenvalue weighted by Gasteiger charge is -2.31. The number of hydrogen-bond acceptors (Lipinski definition) is 3. The number of amides is 1. The number of nitrogens with zero attached hydrogens (tertiary/aromatic N) is 3. The van der Waals surface area contributed by atoms with Gasteiger partial charge in [-0.25, -0.2) is 0 Å². The first-order chi connectivity index (χ1) is 14.0. The lowest BCUT2D eigenvalue weighted by molar-refractivity contribution is 0.0937. The predicted molar refractivity (Wildman–Crippen MR) is 118 cm³/mol. The molecule has 0 radical (unpaired) electrons. The minimum absolute atomic E-state index is 0.0784. The normalized spacial score (nSPS) is 15.4. The van der Waals surface area contributed by atoms with Gasteiger partial charge in [-0.2, -0.15) is 0 Å². The smallest absolute Gasteiger partial charge is 0.267 e. The fourth-order valence-corrected chi connectivity index (χ4v) is 4.71. The average molecular weight is 395 g/mol. The van der Waals surface area contributed by atoms with Gasteiger partial charge in [0.2, 0.25) is 0 Å². The lowest BCUT2D eigenvalue weighted by atomic mass is 9.94. The Morgan fingerprint density at radius 2 is 1.83 bits per heavy atom. The van der Waals surface area contributed by atoms with Crippen molar-refractivity contribution in [3.05, 3.63) is 46.4 Å². The molecule has 1 aliphatic carbocycles. The van der Waals surface area contributed by atoms with Gasteiger partial charge >= 0.3 is 0 Å². The molecule has 1 amide bonds. The van der Waals surface area contributed by atoms with E-state index in [1.165, 1.54) is 32.1 Å². The quantitative estimate of drug-likeness (QED) is 0.724. The first-order valence-corrected chi connectivity index (χ1v) is 10.5. The zero-order valence-electron chi connectivity index (χ0n) is 17.6. The van der Waals surface area contributed by atoms with Gasteiger partial charge in [-0.3, -0.25) is 9.59 Å². The summed E-state index contributed by atoms with van der Waals surface area (Å²) in [6.45, 7) is 1.44. The maximum absolute atomic E-state index is 12.9. The molecule has 0 atom stereocenters. The van der Waals surface area contributed by atoms with Crippen LogP contribution in [-0.4, -0.2) is 46.1 Å². The molecular weight excluding hydrogens is 364 g/mol. The van der Waals surface area contributed by atoms with E-state index in [9.17, 15) is 9.59 Å². The minimum atomic E-state index is -0.133. The van der Waals surface area contributed by atoms with Gasteiger partial charge in [-0.05, 0) is 32.0 Å². The number of fused-ring (bicyclic) bond motifs is 3. The van der Waals surface area contributed by atoms with Crippen molar-refractivity contribution >= 4 is 27.7 Å². The number of carbonyl (C=O) groups excluding carboxylic acids is 1. The Balaban J connectivity index is 1.55. The van der Waals surface area contributed by atoms with Crippen LogP contribution in [0, 0.1) is 0 Å². The highest BCUT2D eigenvalue weighted by Gasteiger charge is 2.20. The summed E-state index contributed by atoms with van der Waals surface area (Å²) >= 11 is 0. The molecule has 0 bridgehead atoms. The largest absolute Gasteiger partial charge is 0.349 e. The van der Waals surface area contributed by atoms with Crippen LogP contribution in [0.15, 0.2) is 35.1 Å². The van der Waals surface area contributed by atoms with Crippen molar-refractivity contribution in [3.8, 4) is 0 Å². The molecule has 6 nitrogen and oxygen atoms in total. The Bertz CT molecular complexity index is 1110. The number of carbonyl (C=O) groups is 1. The molecular formula is C23H30N4O2. The summed E-state index contributed by atoms with van der Waals surface area (Å²) in [4.78, 5) is 28.1. The Morgan fingerprint density at radius 3 is 2.59 bits per heavy atom. The van der Waals surface area contributed by atoms with Crippen molar-refractivity contribution in [1.82, 2.24) is 19.4 Å². The first-order valence-electron chi connectivity index (χ1n) is 10.5. The third-order valence-corrected chi connectivity index (χ3v) is 6.47. The zero-order valence-corrected chi connectivity index (χ0v) is 17.6. The maximum atomic E-state index is 12.9.